The molecule has 1 atom stereocenters. The molecule has 0 fully saturated rings. The van der Waals surface area contributed by atoms with Crippen molar-refractivity contribution >= 4 is 29.3 Å². The van der Waals surface area contributed by atoms with E-state index in [1.54, 1.807) is 0 Å². The summed E-state index contributed by atoms with van der Waals surface area (Å²) in [5.74, 6) is 1.46. The molecule has 29 heavy (non-hydrogen) atoms. The van der Waals surface area contributed by atoms with Gasteiger partial charge in [-0.05, 0) is 61.6 Å². The van der Waals surface area contributed by atoms with E-state index in [1.165, 1.54) is 11.1 Å². The third kappa shape index (κ3) is 6.24. The van der Waals surface area contributed by atoms with Gasteiger partial charge in [-0.25, -0.2) is 0 Å². The lowest BCUT2D eigenvalue weighted by atomic mass is 10.0. The van der Waals surface area contributed by atoms with Gasteiger partial charge < -0.3 is 20.2 Å². The van der Waals surface area contributed by atoms with E-state index in [9.17, 15) is 4.79 Å². The smallest absolute Gasteiger partial charge is 0.234 e. The number of furan rings is 1. The number of hydrogen-bond acceptors (Lipinski definition) is 4. The molecule has 3 rings (SSSR count). The first kappa shape index (κ1) is 22.8. The number of ether oxygens (including phenoxy) is 1. The molecule has 1 heterocycles. The van der Waals surface area contributed by atoms with Crippen molar-refractivity contribution in [3.8, 4) is 5.75 Å². The predicted octanol–water partition coefficient (Wildman–Crippen LogP) is 4.56. The Hall–Kier alpha value is -2.50. The lowest BCUT2D eigenvalue weighted by molar-refractivity contribution is -0.120. The van der Waals surface area contributed by atoms with Gasteiger partial charge in [-0.3, -0.25) is 4.79 Å². The first-order valence-electron chi connectivity index (χ1n) is 9.82. The Kier molecular flexibility index (Phi) is 8.55. The molecule has 0 aliphatic rings. The minimum Gasteiger partial charge on any atom is -0.494 e. The zero-order chi connectivity index (χ0) is 19.9. The maximum atomic E-state index is 11.5. The van der Waals surface area contributed by atoms with Gasteiger partial charge in [-0.2, -0.15) is 0 Å². The summed E-state index contributed by atoms with van der Waals surface area (Å²) in [5.41, 5.74) is 8.69. The fraction of sp³-hybridized carbons (Fsp3) is 0.348. The quantitative estimate of drug-likeness (QED) is 0.535. The number of nitrogens with one attached hydrogen (secondary N) is 1. The molecule has 156 valence electrons. The van der Waals surface area contributed by atoms with Gasteiger partial charge in [0, 0.05) is 5.39 Å². The first-order valence-corrected chi connectivity index (χ1v) is 9.82. The summed E-state index contributed by atoms with van der Waals surface area (Å²) in [6, 6.07) is 16.3. The minimum absolute atomic E-state index is 0. The summed E-state index contributed by atoms with van der Waals surface area (Å²) < 4.78 is 11.6. The fourth-order valence-corrected chi connectivity index (χ4v) is 3.10. The zero-order valence-electron chi connectivity index (χ0n) is 16.9. The van der Waals surface area contributed by atoms with Crippen molar-refractivity contribution in [1.82, 2.24) is 5.32 Å². The second-order valence-corrected chi connectivity index (χ2v) is 7.01. The lowest BCUT2D eigenvalue weighted by Crippen LogP contribution is -2.32. The van der Waals surface area contributed by atoms with Gasteiger partial charge in [-0.15, -0.1) is 12.4 Å². The summed E-state index contributed by atoms with van der Waals surface area (Å²) in [6.07, 6.45) is 2.90. The second kappa shape index (κ2) is 10.9. The van der Waals surface area contributed by atoms with Gasteiger partial charge in [0.1, 0.15) is 17.1 Å². The molecule has 1 amide bonds. The molecule has 5 nitrogen and oxygen atoms in total. The molecule has 6 heteroatoms. The lowest BCUT2D eigenvalue weighted by Gasteiger charge is -2.09. The minimum atomic E-state index is -0.208. The van der Waals surface area contributed by atoms with E-state index in [4.69, 9.17) is 14.9 Å². The summed E-state index contributed by atoms with van der Waals surface area (Å²) >= 11 is 0. The van der Waals surface area contributed by atoms with Crippen molar-refractivity contribution in [2.24, 2.45) is 5.73 Å². The Morgan fingerprint density at radius 3 is 2.48 bits per heavy atom. The van der Waals surface area contributed by atoms with Gasteiger partial charge in [-0.1, -0.05) is 31.2 Å². The van der Waals surface area contributed by atoms with Gasteiger partial charge >= 0.3 is 0 Å². The van der Waals surface area contributed by atoms with Crippen molar-refractivity contribution < 1.29 is 13.9 Å². The Balaban J connectivity index is 0.00000300. The molecule has 3 N–H and O–H groups in total. The van der Waals surface area contributed by atoms with E-state index in [1.807, 2.05) is 25.1 Å². The SMILES string of the molecule is CCCOc1ccc(CCc2ccc3cc(C(C)NC(=O)CN)oc3c2)cc1.Cl. The summed E-state index contributed by atoms with van der Waals surface area (Å²) in [7, 11) is 0. The number of carbonyl (C=O) groups is 1. The van der Waals surface area contributed by atoms with Crippen molar-refractivity contribution in [3.05, 3.63) is 65.4 Å². The Morgan fingerprint density at radius 2 is 1.79 bits per heavy atom. The van der Waals surface area contributed by atoms with E-state index >= 15 is 0 Å². The second-order valence-electron chi connectivity index (χ2n) is 7.01. The van der Waals surface area contributed by atoms with E-state index in [-0.39, 0.29) is 30.9 Å². The predicted molar refractivity (Wildman–Crippen MR) is 119 cm³/mol. The molecule has 1 unspecified atom stereocenters. The maximum absolute atomic E-state index is 11.5. The summed E-state index contributed by atoms with van der Waals surface area (Å²) in [4.78, 5) is 11.5. The van der Waals surface area contributed by atoms with Crippen LogP contribution in [0.4, 0.5) is 0 Å². The number of benzene rings is 2. The van der Waals surface area contributed by atoms with Crippen LogP contribution >= 0.6 is 12.4 Å². The molecule has 0 aliphatic carbocycles. The van der Waals surface area contributed by atoms with Crippen molar-refractivity contribution in [1.29, 1.82) is 0 Å². The number of rotatable bonds is 9. The number of carbonyl (C=O) groups excluding carboxylic acids is 1. The highest BCUT2D eigenvalue weighted by molar-refractivity contribution is 5.85. The molecule has 3 aromatic rings. The Morgan fingerprint density at radius 1 is 1.10 bits per heavy atom. The van der Waals surface area contributed by atoms with Crippen LogP contribution in [0.5, 0.6) is 5.75 Å². The number of halogens is 1. The highest BCUT2D eigenvalue weighted by Gasteiger charge is 2.13. The third-order valence-electron chi connectivity index (χ3n) is 4.69. The monoisotopic (exact) mass is 416 g/mol. The van der Waals surface area contributed by atoms with E-state index < -0.39 is 0 Å². The van der Waals surface area contributed by atoms with E-state index in [2.05, 4.69) is 42.6 Å². The van der Waals surface area contributed by atoms with E-state index in [0.29, 0.717) is 0 Å². The van der Waals surface area contributed by atoms with Crippen molar-refractivity contribution in [2.45, 2.75) is 39.2 Å². The first-order chi connectivity index (χ1) is 13.6. The zero-order valence-corrected chi connectivity index (χ0v) is 17.8. The van der Waals surface area contributed by atoms with Crippen LogP contribution in [-0.4, -0.2) is 19.1 Å². The topological polar surface area (TPSA) is 77.5 Å². The normalized spacial score (nSPS) is 11.7. The molecule has 0 bridgehead atoms. The van der Waals surface area contributed by atoms with Crippen LogP contribution in [0.3, 0.4) is 0 Å². The number of aryl methyl sites for hydroxylation is 2. The van der Waals surface area contributed by atoms with Crippen molar-refractivity contribution in [2.75, 3.05) is 13.2 Å². The van der Waals surface area contributed by atoms with Gasteiger partial charge in [0.05, 0.1) is 19.2 Å². The van der Waals surface area contributed by atoms with Crippen LogP contribution in [0.25, 0.3) is 11.0 Å². The maximum Gasteiger partial charge on any atom is 0.234 e. The molecular weight excluding hydrogens is 388 g/mol. The van der Waals surface area contributed by atoms with Crippen LogP contribution in [0.1, 0.15) is 43.2 Å². The van der Waals surface area contributed by atoms with Crippen LogP contribution in [0.15, 0.2) is 52.9 Å². The van der Waals surface area contributed by atoms with Crippen LogP contribution in [-0.2, 0) is 17.6 Å². The summed E-state index contributed by atoms with van der Waals surface area (Å²) in [5, 5.41) is 3.85. The largest absolute Gasteiger partial charge is 0.494 e. The molecule has 0 saturated heterocycles. The highest BCUT2D eigenvalue weighted by Crippen LogP contribution is 2.25. The molecule has 0 aliphatic heterocycles. The molecule has 0 radical (unpaired) electrons. The van der Waals surface area contributed by atoms with Crippen molar-refractivity contribution in [3.63, 3.8) is 0 Å². The van der Waals surface area contributed by atoms with E-state index in [0.717, 1.165) is 48.3 Å². The summed E-state index contributed by atoms with van der Waals surface area (Å²) in [6.45, 7) is 4.71. The van der Waals surface area contributed by atoms with Gasteiger partial charge in [0.2, 0.25) is 5.91 Å². The molecule has 2 aromatic carbocycles. The highest BCUT2D eigenvalue weighted by atomic mass is 35.5. The fourth-order valence-electron chi connectivity index (χ4n) is 3.10. The number of nitrogens with two attached hydrogens (primary N) is 1. The Bertz CT molecular complexity index is 922. The molecular formula is C23H29ClN2O3. The average Bonchev–Trinajstić information content (AvgIpc) is 3.15. The van der Waals surface area contributed by atoms with Gasteiger partial charge in [0.15, 0.2) is 0 Å². The van der Waals surface area contributed by atoms with Crippen LogP contribution in [0, 0.1) is 0 Å². The third-order valence-corrected chi connectivity index (χ3v) is 4.69. The van der Waals surface area contributed by atoms with Crippen LogP contribution in [0.2, 0.25) is 0 Å². The Labute approximate surface area is 178 Å². The molecule has 0 spiro atoms. The molecule has 1 aromatic heterocycles. The average molecular weight is 417 g/mol. The standard InChI is InChI=1S/C23H28N2O3.ClH/c1-3-12-27-20-10-7-17(8-11-20)4-5-18-6-9-19-14-21(28-22(19)13-18)16(2)25-23(26)15-24;/h6-11,13-14,16H,3-5,12,15,24H2,1-2H3,(H,25,26);1H. The van der Waals surface area contributed by atoms with Gasteiger partial charge in [0.25, 0.3) is 0 Å². The number of fused-ring (bicyclic) bond motifs is 1. The number of amides is 1. The number of hydrogen-bond donors (Lipinski definition) is 2. The molecule has 0 saturated carbocycles. The van der Waals surface area contributed by atoms with Crippen LogP contribution < -0.4 is 15.8 Å².